The van der Waals surface area contributed by atoms with Gasteiger partial charge in [-0.2, -0.15) is 0 Å². The summed E-state index contributed by atoms with van der Waals surface area (Å²) in [5.74, 6) is 0. The average Bonchev–Trinajstić information content (AvgIpc) is 2.43. The van der Waals surface area contributed by atoms with Crippen LogP contribution in [-0.2, 0) is 18.9 Å². The molecular weight excluding hydrogens is 264 g/mol. The molecule has 0 heterocycles. The molecule has 0 rings (SSSR count). The van der Waals surface area contributed by atoms with Crippen LogP contribution in [0, 0.1) is 0 Å². The van der Waals surface area contributed by atoms with Crippen molar-refractivity contribution in [1.29, 1.82) is 0 Å². The van der Waals surface area contributed by atoms with Crippen molar-refractivity contribution in [3.63, 3.8) is 0 Å². The van der Waals surface area contributed by atoms with Gasteiger partial charge in [0.25, 0.3) is 0 Å². The largest absolute Gasteiger partial charge is 0.394 e. The Bertz CT molecular complexity index is 189. The zero-order valence-corrected chi connectivity index (χ0v) is 13.7. The van der Waals surface area contributed by atoms with E-state index in [2.05, 4.69) is 0 Å². The zero-order valence-electron chi connectivity index (χ0n) is 13.7. The van der Waals surface area contributed by atoms with E-state index in [-0.39, 0.29) is 24.9 Å². The highest BCUT2D eigenvalue weighted by Crippen LogP contribution is 1.95. The Morgan fingerprint density at radius 1 is 0.800 bits per heavy atom. The van der Waals surface area contributed by atoms with Gasteiger partial charge in [0.2, 0.25) is 0 Å². The van der Waals surface area contributed by atoms with Crippen LogP contribution in [0.15, 0.2) is 0 Å². The van der Waals surface area contributed by atoms with Gasteiger partial charge in [0.05, 0.1) is 50.8 Å². The molecule has 4 unspecified atom stereocenters. The van der Waals surface area contributed by atoms with Crippen molar-refractivity contribution in [2.24, 2.45) is 0 Å². The fraction of sp³-hybridized carbons (Fsp3) is 1.00. The van der Waals surface area contributed by atoms with Crippen LogP contribution in [0.2, 0.25) is 0 Å². The molecule has 20 heavy (non-hydrogen) atoms. The van der Waals surface area contributed by atoms with E-state index in [0.29, 0.717) is 19.8 Å². The number of rotatable bonds is 10. The Labute approximate surface area is 123 Å². The molecule has 0 aromatic rings. The predicted molar refractivity (Wildman–Crippen MR) is 77.9 cm³/mol. The van der Waals surface area contributed by atoms with Crippen LogP contribution in [0.5, 0.6) is 0 Å². The number of methoxy groups -OCH3 is 2. The summed E-state index contributed by atoms with van der Waals surface area (Å²) < 4.78 is 20.3. The third-order valence-electron chi connectivity index (χ3n) is 2.30. The number of aliphatic hydroxyl groups is 2. The molecule has 0 fully saturated rings. The van der Waals surface area contributed by atoms with Crippen molar-refractivity contribution in [1.82, 2.24) is 0 Å². The Kier molecular flexibility index (Phi) is 16.7. The first-order chi connectivity index (χ1) is 9.37. The summed E-state index contributed by atoms with van der Waals surface area (Å²) in [7, 11) is 3.34. The average molecular weight is 296 g/mol. The third-order valence-corrected chi connectivity index (χ3v) is 2.30. The summed E-state index contributed by atoms with van der Waals surface area (Å²) in [6.07, 6.45) is -0.300. The molecule has 0 bridgehead atoms. The molecule has 6 heteroatoms. The number of ether oxygens (including phenoxy) is 4. The molecule has 0 aliphatic carbocycles. The van der Waals surface area contributed by atoms with Crippen molar-refractivity contribution in [3.05, 3.63) is 0 Å². The monoisotopic (exact) mass is 296 g/mol. The van der Waals surface area contributed by atoms with Gasteiger partial charge in [-0.1, -0.05) is 0 Å². The molecule has 0 saturated carbocycles. The highest BCUT2D eigenvalue weighted by molar-refractivity contribution is 4.50. The van der Waals surface area contributed by atoms with Crippen molar-refractivity contribution in [3.8, 4) is 0 Å². The fourth-order valence-electron chi connectivity index (χ4n) is 1.01. The molecule has 6 nitrogen and oxygen atoms in total. The number of hydrogen-bond donors (Lipinski definition) is 2. The van der Waals surface area contributed by atoms with Crippen LogP contribution in [0.25, 0.3) is 0 Å². The molecule has 0 saturated heterocycles. The van der Waals surface area contributed by atoms with Gasteiger partial charge in [-0.3, -0.25) is 0 Å². The van der Waals surface area contributed by atoms with E-state index in [0.717, 1.165) is 0 Å². The zero-order chi connectivity index (χ0) is 16.0. The minimum Gasteiger partial charge on any atom is -0.394 e. The highest BCUT2D eigenvalue weighted by Gasteiger charge is 2.04. The van der Waals surface area contributed by atoms with Gasteiger partial charge in [0.1, 0.15) is 0 Å². The summed E-state index contributed by atoms with van der Waals surface area (Å²) in [6, 6.07) is 0. The molecule has 2 N–H and O–H groups in total. The Morgan fingerprint density at radius 3 is 1.75 bits per heavy atom. The second-order valence-electron chi connectivity index (χ2n) is 4.82. The first-order valence-electron chi connectivity index (χ1n) is 6.91. The smallest absolute Gasteiger partial charge is 0.0781 e. The molecule has 0 aromatic carbocycles. The lowest BCUT2D eigenvalue weighted by Crippen LogP contribution is -2.21. The van der Waals surface area contributed by atoms with E-state index >= 15 is 0 Å². The molecule has 0 aromatic heterocycles. The molecule has 0 spiro atoms. The first kappa shape index (κ1) is 22.0. The SMILES string of the molecule is CC(O)COC(C)CO.COCC(C)OCC(C)OC. The molecule has 4 atom stereocenters. The van der Waals surface area contributed by atoms with Gasteiger partial charge < -0.3 is 29.2 Å². The molecule has 0 aliphatic heterocycles. The maximum absolute atomic E-state index is 8.69. The summed E-state index contributed by atoms with van der Waals surface area (Å²) in [5, 5.41) is 17.1. The van der Waals surface area contributed by atoms with Crippen LogP contribution in [0.1, 0.15) is 27.7 Å². The van der Waals surface area contributed by atoms with Crippen LogP contribution in [-0.4, -0.2) is 75.3 Å². The van der Waals surface area contributed by atoms with E-state index in [1.165, 1.54) is 0 Å². The summed E-state index contributed by atoms with van der Waals surface area (Å²) in [5.41, 5.74) is 0. The predicted octanol–water partition coefficient (Wildman–Crippen LogP) is 0.837. The van der Waals surface area contributed by atoms with Crippen molar-refractivity contribution < 1.29 is 29.2 Å². The maximum Gasteiger partial charge on any atom is 0.0781 e. The molecule has 0 amide bonds. The van der Waals surface area contributed by atoms with Crippen LogP contribution >= 0.6 is 0 Å². The lowest BCUT2D eigenvalue weighted by atomic mass is 10.4. The minimum absolute atomic E-state index is 0.00667. The van der Waals surface area contributed by atoms with Crippen LogP contribution < -0.4 is 0 Å². The summed E-state index contributed by atoms with van der Waals surface area (Å²) >= 11 is 0. The summed E-state index contributed by atoms with van der Waals surface area (Å²) in [6.45, 7) is 8.91. The fourth-order valence-corrected chi connectivity index (χ4v) is 1.01. The lowest BCUT2D eigenvalue weighted by Gasteiger charge is -2.14. The number of aliphatic hydroxyl groups excluding tert-OH is 2. The van der Waals surface area contributed by atoms with Gasteiger partial charge >= 0.3 is 0 Å². The van der Waals surface area contributed by atoms with Crippen LogP contribution in [0.3, 0.4) is 0 Å². The van der Waals surface area contributed by atoms with E-state index < -0.39 is 6.10 Å². The topological polar surface area (TPSA) is 77.4 Å². The molecule has 0 radical (unpaired) electrons. The molecule has 0 aliphatic rings. The lowest BCUT2D eigenvalue weighted by molar-refractivity contribution is -0.0386. The normalized spacial score (nSPS) is 16.8. The van der Waals surface area contributed by atoms with Gasteiger partial charge in [-0.25, -0.2) is 0 Å². The summed E-state index contributed by atoms with van der Waals surface area (Å²) in [4.78, 5) is 0. The van der Waals surface area contributed by atoms with E-state index in [4.69, 9.17) is 29.2 Å². The van der Waals surface area contributed by atoms with E-state index in [1.807, 2.05) is 13.8 Å². The first-order valence-corrected chi connectivity index (χ1v) is 6.91. The van der Waals surface area contributed by atoms with Crippen molar-refractivity contribution in [2.45, 2.75) is 52.1 Å². The second kappa shape index (κ2) is 15.2. The van der Waals surface area contributed by atoms with E-state index in [1.54, 1.807) is 28.1 Å². The van der Waals surface area contributed by atoms with Crippen molar-refractivity contribution >= 4 is 0 Å². The maximum atomic E-state index is 8.69. The molecular formula is C14H32O6. The quantitative estimate of drug-likeness (QED) is 0.622. The van der Waals surface area contributed by atoms with Crippen molar-refractivity contribution in [2.75, 3.05) is 40.6 Å². The van der Waals surface area contributed by atoms with Gasteiger partial charge in [0.15, 0.2) is 0 Å². The Hall–Kier alpha value is -0.240. The van der Waals surface area contributed by atoms with Gasteiger partial charge in [-0.05, 0) is 27.7 Å². The van der Waals surface area contributed by atoms with Gasteiger partial charge in [-0.15, -0.1) is 0 Å². The minimum atomic E-state index is -0.445. The third kappa shape index (κ3) is 17.8. The standard InChI is InChI=1S/C8H18O3.C6H14O3/c1-7(10-4)6-11-8(2)5-9-3;1-5(8)4-9-6(2)3-7/h7-8H,5-6H2,1-4H3;5-8H,3-4H2,1-2H3. The molecule has 124 valence electrons. The van der Waals surface area contributed by atoms with Crippen LogP contribution in [0.4, 0.5) is 0 Å². The Morgan fingerprint density at radius 2 is 1.35 bits per heavy atom. The highest BCUT2D eigenvalue weighted by atomic mass is 16.5. The Balaban J connectivity index is 0. The van der Waals surface area contributed by atoms with E-state index in [9.17, 15) is 0 Å². The number of hydrogen-bond acceptors (Lipinski definition) is 6. The van der Waals surface area contributed by atoms with Gasteiger partial charge in [0, 0.05) is 14.2 Å². The second-order valence-corrected chi connectivity index (χ2v) is 4.82.